The van der Waals surface area contributed by atoms with Crippen LogP contribution in [0.15, 0.2) is 42.5 Å². The minimum atomic E-state index is -1.18. The van der Waals surface area contributed by atoms with Crippen LogP contribution in [0, 0.1) is 0 Å². The van der Waals surface area contributed by atoms with E-state index in [0.29, 0.717) is 5.75 Å². The van der Waals surface area contributed by atoms with Crippen LogP contribution in [0.4, 0.5) is 0 Å². The summed E-state index contributed by atoms with van der Waals surface area (Å²) in [4.78, 5) is 47.3. The number of fused-ring (bicyclic) bond motifs is 1. The van der Waals surface area contributed by atoms with Crippen LogP contribution in [0.5, 0.6) is 5.75 Å². The lowest BCUT2D eigenvalue weighted by Gasteiger charge is -2.44. The SMILES string of the molecule is CC(=O)N[C@@H]1[C@H](Oc2cccc3ccccc23)O[C@H](COC(C)=O)[C@@H](OC(C)=O)[C@@H]1OC(C)=O. The number of hydrogen-bond acceptors (Lipinski definition) is 9. The fourth-order valence-electron chi connectivity index (χ4n) is 3.81. The predicted octanol–water partition coefficient (Wildman–Crippen LogP) is 1.87. The lowest BCUT2D eigenvalue weighted by atomic mass is 9.96. The third kappa shape index (κ3) is 6.22. The normalized spacial score (nSPS) is 24.1. The molecule has 1 amide bonds. The Bertz CT molecular complexity index is 1060. The molecular weight excluding hydrogens is 446 g/mol. The second-order valence-electron chi connectivity index (χ2n) is 7.82. The number of rotatable bonds is 7. The number of esters is 3. The van der Waals surface area contributed by atoms with Crippen LogP contribution < -0.4 is 10.1 Å². The largest absolute Gasteiger partial charge is 0.463 e. The molecule has 182 valence electrons. The van der Waals surface area contributed by atoms with Crippen molar-refractivity contribution < 1.29 is 42.9 Å². The molecule has 0 bridgehead atoms. The van der Waals surface area contributed by atoms with Crippen molar-refractivity contribution in [3.8, 4) is 5.75 Å². The Labute approximate surface area is 196 Å². The highest BCUT2D eigenvalue weighted by Crippen LogP contribution is 2.32. The summed E-state index contributed by atoms with van der Waals surface area (Å²) in [5, 5.41) is 4.38. The first-order valence-electron chi connectivity index (χ1n) is 10.7. The molecule has 10 nitrogen and oxygen atoms in total. The van der Waals surface area contributed by atoms with Crippen molar-refractivity contribution in [3.05, 3.63) is 42.5 Å². The molecule has 0 unspecified atom stereocenters. The van der Waals surface area contributed by atoms with Crippen molar-refractivity contribution in [2.75, 3.05) is 6.61 Å². The highest BCUT2D eigenvalue weighted by Gasteiger charge is 2.52. The van der Waals surface area contributed by atoms with E-state index in [4.69, 9.17) is 23.7 Å². The summed E-state index contributed by atoms with van der Waals surface area (Å²) >= 11 is 0. The zero-order valence-corrected chi connectivity index (χ0v) is 19.3. The molecule has 0 aromatic heterocycles. The van der Waals surface area contributed by atoms with Gasteiger partial charge in [-0.3, -0.25) is 19.2 Å². The molecule has 1 fully saturated rings. The lowest BCUT2D eigenvalue weighted by Crippen LogP contribution is -2.67. The Morgan fingerprint density at radius 3 is 2.15 bits per heavy atom. The van der Waals surface area contributed by atoms with Gasteiger partial charge < -0.3 is 29.0 Å². The topological polar surface area (TPSA) is 126 Å². The van der Waals surface area contributed by atoms with Crippen LogP contribution in [0.2, 0.25) is 0 Å². The lowest BCUT2D eigenvalue weighted by molar-refractivity contribution is -0.256. The van der Waals surface area contributed by atoms with Crippen molar-refractivity contribution in [2.24, 2.45) is 0 Å². The highest BCUT2D eigenvalue weighted by molar-refractivity contribution is 5.88. The van der Waals surface area contributed by atoms with Crippen LogP contribution in [0.3, 0.4) is 0 Å². The number of benzene rings is 2. The summed E-state index contributed by atoms with van der Waals surface area (Å²) in [6, 6.07) is 11.9. The van der Waals surface area contributed by atoms with Crippen molar-refractivity contribution in [2.45, 2.75) is 58.3 Å². The highest BCUT2D eigenvalue weighted by atomic mass is 16.7. The van der Waals surface area contributed by atoms with E-state index in [1.165, 1.54) is 27.7 Å². The van der Waals surface area contributed by atoms with Crippen molar-refractivity contribution >= 4 is 34.6 Å². The zero-order valence-electron chi connectivity index (χ0n) is 19.3. The van der Waals surface area contributed by atoms with Crippen LogP contribution in [0.25, 0.3) is 10.8 Å². The maximum atomic E-state index is 12.0. The van der Waals surface area contributed by atoms with Crippen molar-refractivity contribution in [3.63, 3.8) is 0 Å². The van der Waals surface area contributed by atoms with E-state index in [9.17, 15) is 19.2 Å². The molecule has 5 atom stereocenters. The maximum absolute atomic E-state index is 12.0. The quantitative estimate of drug-likeness (QED) is 0.474. The Kier molecular flexibility index (Phi) is 8.06. The number of amides is 1. The summed E-state index contributed by atoms with van der Waals surface area (Å²) in [5.41, 5.74) is 0. The van der Waals surface area contributed by atoms with Gasteiger partial charge in [0.15, 0.2) is 12.2 Å². The monoisotopic (exact) mass is 473 g/mol. The molecule has 1 heterocycles. The molecular formula is C24H27NO9. The molecule has 1 aliphatic heterocycles. The molecule has 2 aromatic rings. The number of hydrogen-bond donors (Lipinski definition) is 1. The fourth-order valence-corrected chi connectivity index (χ4v) is 3.81. The second kappa shape index (κ2) is 11.0. The van der Waals surface area contributed by atoms with Gasteiger partial charge in [0.1, 0.15) is 24.5 Å². The summed E-state index contributed by atoms with van der Waals surface area (Å²) in [5.74, 6) is -1.91. The van der Waals surface area contributed by atoms with Gasteiger partial charge in [0, 0.05) is 33.1 Å². The van der Waals surface area contributed by atoms with Gasteiger partial charge in [-0.05, 0) is 11.5 Å². The van der Waals surface area contributed by atoms with E-state index in [0.717, 1.165) is 10.8 Å². The van der Waals surface area contributed by atoms with E-state index in [2.05, 4.69) is 5.32 Å². The van der Waals surface area contributed by atoms with Gasteiger partial charge in [0.25, 0.3) is 0 Å². The molecule has 2 aromatic carbocycles. The van der Waals surface area contributed by atoms with Gasteiger partial charge >= 0.3 is 17.9 Å². The number of carbonyl (C=O) groups excluding carboxylic acids is 4. The Morgan fingerprint density at radius 1 is 0.853 bits per heavy atom. The first-order chi connectivity index (χ1) is 16.2. The molecule has 3 rings (SSSR count). The van der Waals surface area contributed by atoms with Gasteiger partial charge in [0.05, 0.1) is 0 Å². The Balaban J connectivity index is 2.03. The van der Waals surface area contributed by atoms with Crippen LogP contribution in [0.1, 0.15) is 27.7 Å². The number of nitrogens with one attached hydrogen (secondary N) is 1. The van der Waals surface area contributed by atoms with Gasteiger partial charge in [-0.1, -0.05) is 36.4 Å². The van der Waals surface area contributed by atoms with Crippen LogP contribution >= 0.6 is 0 Å². The summed E-state index contributed by atoms with van der Waals surface area (Å²) in [6.07, 6.45) is -4.57. The average molecular weight is 473 g/mol. The van der Waals surface area contributed by atoms with Gasteiger partial charge in [-0.25, -0.2) is 0 Å². The third-order valence-electron chi connectivity index (χ3n) is 5.06. The van der Waals surface area contributed by atoms with Crippen molar-refractivity contribution in [1.82, 2.24) is 5.32 Å². The fraction of sp³-hybridized carbons (Fsp3) is 0.417. The summed E-state index contributed by atoms with van der Waals surface area (Å²) in [7, 11) is 0. The minimum absolute atomic E-state index is 0.298. The average Bonchev–Trinajstić information content (AvgIpc) is 2.75. The minimum Gasteiger partial charge on any atom is -0.463 e. The molecule has 0 saturated carbocycles. The maximum Gasteiger partial charge on any atom is 0.303 e. The summed E-state index contributed by atoms with van der Waals surface area (Å²) < 4.78 is 28.2. The molecule has 1 saturated heterocycles. The Hall–Kier alpha value is -3.66. The first kappa shape index (κ1) is 25.0. The number of ether oxygens (including phenoxy) is 5. The van der Waals surface area contributed by atoms with E-state index in [1.54, 1.807) is 12.1 Å². The number of carbonyl (C=O) groups is 4. The van der Waals surface area contributed by atoms with Gasteiger partial charge in [-0.2, -0.15) is 0 Å². The molecule has 0 radical (unpaired) electrons. The zero-order chi connectivity index (χ0) is 24.8. The van der Waals surface area contributed by atoms with E-state index >= 15 is 0 Å². The smallest absolute Gasteiger partial charge is 0.303 e. The van der Waals surface area contributed by atoms with Gasteiger partial charge in [0.2, 0.25) is 12.2 Å². The summed E-state index contributed by atoms with van der Waals surface area (Å²) in [6.45, 7) is 4.57. The second-order valence-corrected chi connectivity index (χ2v) is 7.82. The standard InChI is InChI=1S/C24H27NO9/c1-13(26)25-21-23(32-16(4)29)22(31-15(3)28)20(12-30-14(2)27)34-24(21)33-19-11-7-9-17-8-5-6-10-18(17)19/h5-11,20-24H,12H2,1-4H3,(H,25,26)/t20-,21+,22-,23-,24-/m1/s1. The van der Waals surface area contributed by atoms with Crippen LogP contribution in [-0.2, 0) is 38.1 Å². The van der Waals surface area contributed by atoms with Crippen LogP contribution in [-0.4, -0.2) is 61.1 Å². The molecule has 1 aliphatic rings. The Morgan fingerprint density at radius 2 is 1.50 bits per heavy atom. The predicted molar refractivity (Wildman–Crippen MR) is 119 cm³/mol. The third-order valence-corrected chi connectivity index (χ3v) is 5.06. The van der Waals surface area contributed by atoms with E-state index < -0.39 is 54.5 Å². The molecule has 10 heteroatoms. The molecule has 0 spiro atoms. The molecule has 1 N–H and O–H groups in total. The molecule has 34 heavy (non-hydrogen) atoms. The van der Waals surface area contributed by atoms with E-state index in [-0.39, 0.29) is 6.61 Å². The first-order valence-corrected chi connectivity index (χ1v) is 10.7. The van der Waals surface area contributed by atoms with Crippen molar-refractivity contribution in [1.29, 1.82) is 0 Å². The molecule has 0 aliphatic carbocycles. The van der Waals surface area contributed by atoms with E-state index in [1.807, 2.05) is 30.3 Å². The van der Waals surface area contributed by atoms with Gasteiger partial charge in [-0.15, -0.1) is 0 Å².